The molecule has 7 heteroatoms. The van der Waals surface area contributed by atoms with Crippen LogP contribution in [0.2, 0.25) is 5.02 Å². The summed E-state index contributed by atoms with van der Waals surface area (Å²) in [6, 6.07) is 6.15. The van der Waals surface area contributed by atoms with Crippen LogP contribution in [-0.4, -0.2) is 100 Å². The molecule has 0 radical (unpaired) electrons. The van der Waals surface area contributed by atoms with Crippen molar-refractivity contribution in [2.75, 3.05) is 84.4 Å². The van der Waals surface area contributed by atoms with E-state index in [1.54, 1.807) is 0 Å². The number of piperazine rings is 2. The van der Waals surface area contributed by atoms with E-state index in [0.717, 1.165) is 50.3 Å². The van der Waals surface area contributed by atoms with Crippen molar-refractivity contribution in [2.45, 2.75) is 13.8 Å². The second-order valence-electron chi connectivity index (χ2n) is 8.54. The van der Waals surface area contributed by atoms with Gasteiger partial charge in [0.15, 0.2) is 5.96 Å². The molecule has 0 saturated carbocycles. The summed E-state index contributed by atoms with van der Waals surface area (Å²) >= 11 is 6.21. The van der Waals surface area contributed by atoms with Gasteiger partial charge in [0, 0.05) is 83.2 Å². The predicted molar refractivity (Wildman–Crippen MR) is 124 cm³/mol. The second-order valence-corrected chi connectivity index (χ2v) is 8.98. The molecule has 0 spiro atoms. The van der Waals surface area contributed by atoms with E-state index >= 15 is 0 Å². The maximum Gasteiger partial charge on any atom is 0.193 e. The van der Waals surface area contributed by atoms with Crippen molar-refractivity contribution >= 4 is 23.2 Å². The monoisotopic (exact) mass is 420 g/mol. The first kappa shape index (κ1) is 22.2. The zero-order valence-corrected chi connectivity index (χ0v) is 19.3. The zero-order valence-electron chi connectivity index (χ0n) is 18.5. The molecule has 2 aliphatic heterocycles. The van der Waals surface area contributed by atoms with Crippen molar-refractivity contribution in [1.29, 1.82) is 0 Å². The van der Waals surface area contributed by atoms with Gasteiger partial charge in [-0.2, -0.15) is 0 Å². The summed E-state index contributed by atoms with van der Waals surface area (Å²) in [5.74, 6) is 1.63. The van der Waals surface area contributed by atoms with Crippen molar-refractivity contribution < 1.29 is 0 Å². The van der Waals surface area contributed by atoms with E-state index in [0.29, 0.717) is 5.92 Å². The van der Waals surface area contributed by atoms with Gasteiger partial charge in [0.05, 0.1) is 0 Å². The minimum Gasteiger partial charge on any atom is -0.368 e. The molecule has 0 bridgehead atoms. The standard InChI is InChI=1S/C22H37ClN6/c1-18(17-27-9-7-26(4)8-10-27)16-25-22(24-3)29-13-11-28(12-14-29)21-15-20(23)6-5-19(21)2/h5-6,15,18H,7-14,16-17H2,1-4H3,(H,24,25). The van der Waals surface area contributed by atoms with Crippen LogP contribution < -0.4 is 10.2 Å². The lowest BCUT2D eigenvalue weighted by Crippen LogP contribution is -2.53. The molecule has 2 heterocycles. The Kier molecular flexibility index (Phi) is 8.04. The molecular formula is C22H37ClN6. The Hall–Kier alpha value is -1.50. The first-order chi connectivity index (χ1) is 14.0. The lowest BCUT2D eigenvalue weighted by molar-refractivity contribution is 0.139. The Morgan fingerprint density at radius 2 is 1.79 bits per heavy atom. The summed E-state index contributed by atoms with van der Waals surface area (Å²) in [7, 11) is 4.10. The fourth-order valence-electron chi connectivity index (χ4n) is 4.22. The summed E-state index contributed by atoms with van der Waals surface area (Å²) in [6.07, 6.45) is 0. The van der Waals surface area contributed by atoms with Gasteiger partial charge in [-0.3, -0.25) is 4.99 Å². The van der Waals surface area contributed by atoms with Gasteiger partial charge >= 0.3 is 0 Å². The number of benzene rings is 1. The van der Waals surface area contributed by atoms with Crippen molar-refractivity contribution in [2.24, 2.45) is 10.9 Å². The van der Waals surface area contributed by atoms with Crippen molar-refractivity contribution in [3.05, 3.63) is 28.8 Å². The number of halogens is 1. The molecule has 0 aliphatic carbocycles. The van der Waals surface area contributed by atoms with E-state index in [9.17, 15) is 0 Å². The average molecular weight is 421 g/mol. The first-order valence-corrected chi connectivity index (χ1v) is 11.2. The van der Waals surface area contributed by atoms with Gasteiger partial charge < -0.3 is 24.9 Å². The summed E-state index contributed by atoms with van der Waals surface area (Å²) < 4.78 is 0. The van der Waals surface area contributed by atoms with Crippen molar-refractivity contribution in [1.82, 2.24) is 20.0 Å². The Morgan fingerprint density at radius 3 is 2.45 bits per heavy atom. The number of nitrogens with zero attached hydrogens (tertiary/aromatic N) is 5. The van der Waals surface area contributed by atoms with E-state index in [4.69, 9.17) is 11.6 Å². The van der Waals surface area contributed by atoms with Crippen LogP contribution in [0.15, 0.2) is 23.2 Å². The highest BCUT2D eigenvalue weighted by atomic mass is 35.5. The lowest BCUT2D eigenvalue weighted by Gasteiger charge is -2.38. The number of aryl methyl sites for hydroxylation is 1. The third-order valence-corrected chi connectivity index (χ3v) is 6.31. The highest BCUT2D eigenvalue weighted by Crippen LogP contribution is 2.25. The molecule has 2 aliphatic rings. The molecule has 1 N–H and O–H groups in total. The Labute approximate surface area is 181 Å². The molecule has 0 aromatic heterocycles. The van der Waals surface area contributed by atoms with Crippen molar-refractivity contribution in [3.63, 3.8) is 0 Å². The van der Waals surface area contributed by atoms with Crippen LogP contribution in [0.5, 0.6) is 0 Å². The molecule has 2 saturated heterocycles. The minimum absolute atomic E-state index is 0.602. The molecule has 1 atom stereocenters. The molecule has 1 unspecified atom stereocenters. The summed E-state index contributed by atoms with van der Waals surface area (Å²) in [5.41, 5.74) is 2.53. The molecule has 2 fully saturated rings. The normalized spacial score (nSPS) is 20.8. The first-order valence-electron chi connectivity index (χ1n) is 10.8. The molecule has 6 nitrogen and oxygen atoms in total. The number of rotatable bonds is 5. The van der Waals surface area contributed by atoms with Crippen molar-refractivity contribution in [3.8, 4) is 0 Å². The Morgan fingerprint density at radius 1 is 1.10 bits per heavy atom. The average Bonchev–Trinajstić information content (AvgIpc) is 2.72. The van der Waals surface area contributed by atoms with Gasteiger partial charge in [-0.15, -0.1) is 0 Å². The molecule has 1 aromatic rings. The fourth-order valence-corrected chi connectivity index (χ4v) is 4.38. The van der Waals surface area contributed by atoms with Crippen LogP contribution in [0.4, 0.5) is 5.69 Å². The highest BCUT2D eigenvalue weighted by molar-refractivity contribution is 6.30. The van der Waals surface area contributed by atoms with Gasteiger partial charge in [-0.05, 0) is 37.6 Å². The van der Waals surface area contributed by atoms with Crippen LogP contribution in [0.25, 0.3) is 0 Å². The van der Waals surface area contributed by atoms with E-state index in [-0.39, 0.29) is 0 Å². The van der Waals surface area contributed by atoms with E-state index in [1.807, 2.05) is 13.1 Å². The number of aliphatic imine (C=N–C) groups is 1. The Bertz CT molecular complexity index is 678. The summed E-state index contributed by atoms with van der Waals surface area (Å²) in [5, 5.41) is 4.42. The van der Waals surface area contributed by atoms with Crippen LogP contribution >= 0.6 is 11.6 Å². The zero-order chi connectivity index (χ0) is 20.8. The molecular weight excluding hydrogens is 384 g/mol. The van der Waals surface area contributed by atoms with Crippen LogP contribution in [0.3, 0.4) is 0 Å². The maximum atomic E-state index is 6.21. The number of hydrogen-bond acceptors (Lipinski definition) is 4. The van der Waals surface area contributed by atoms with E-state index in [1.165, 1.54) is 37.4 Å². The topological polar surface area (TPSA) is 37.4 Å². The van der Waals surface area contributed by atoms with Gasteiger partial charge in [0.25, 0.3) is 0 Å². The highest BCUT2D eigenvalue weighted by Gasteiger charge is 2.22. The molecule has 0 amide bonds. The third kappa shape index (κ3) is 6.24. The number of anilines is 1. The largest absolute Gasteiger partial charge is 0.368 e. The second kappa shape index (κ2) is 10.5. The molecule has 3 rings (SSSR count). The van der Waals surface area contributed by atoms with Gasteiger partial charge in [0.1, 0.15) is 0 Å². The molecule has 29 heavy (non-hydrogen) atoms. The van der Waals surface area contributed by atoms with Gasteiger partial charge in [-0.25, -0.2) is 0 Å². The number of nitrogens with one attached hydrogen (secondary N) is 1. The van der Waals surface area contributed by atoms with Crippen LogP contribution in [0.1, 0.15) is 12.5 Å². The van der Waals surface area contributed by atoms with Crippen LogP contribution in [-0.2, 0) is 0 Å². The quantitative estimate of drug-likeness (QED) is 0.584. The number of guanidine groups is 1. The van der Waals surface area contributed by atoms with E-state index in [2.05, 4.69) is 62.9 Å². The molecule has 1 aromatic carbocycles. The Balaban J connectivity index is 1.44. The van der Waals surface area contributed by atoms with E-state index < -0.39 is 0 Å². The fraction of sp³-hybridized carbons (Fsp3) is 0.682. The summed E-state index contributed by atoms with van der Waals surface area (Å²) in [4.78, 5) is 14.3. The smallest absolute Gasteiger partial charge is 0.193 e. The maximum absolute atomic E-state index is 6.21. The third-order valence-electron chi connectivity index (χ3n) is 6.08. The minimum atomic E-state index is 0.602. The van der Waals surface area contributed by atoms with Crippen LogP contribution in [0, 0.1) is 12.8 Å². The van der Waals surface area contributed by atoms with Gasteiger partial charge in [0.2, 0.25) is 0 Å². The summed E-state index contributed by atoms with van der Waals surface area (Å²) in [6.45, 7) is 15.2. The van der Waals surface area contributed by atoms with Gasteiger partial charge in [-0.1, -0.05) is 24.6 Å². The molecule has 162 valence electrons. The lowest BCUT2D eigenvalue weighted by atomic mass is 10.1. The SMILES string of the molecule is CN=C(NCC(C)CN1CCN(C)CC1)N1CCN(c2cc(Cl)ccc2C)CC1. The number of likely N-dealkylation sites (N-methyl/N-ethyl adjacent to an activating group) is 1. The predicted octanol–water partition coefficient (Wildman–Crippen LogP) is 2.23. The number of hydrogen-bond donors (Lipinski definition) is 1.